The molecule has 2 aromatic carbocycles. The molecule has 0 spiro atoms. The molecule has 0 radical (unpaired) electrons. The normalized spacial score (nSPS) is 10.9. The van der Waals surface area contributed by atoms with Gasteiger partial charge in [0.15, 0.2) is 11.5 Å². The Kier molecular flexibility index (Phi) is 4.64. The molecular weight excluding hydrogens is 395 g/mol. The average Bonchev–Trinajstić information content (AvgIpc) is 3.23. The van der Waals surface area contributed by atoms with E-state index in [-0.39, 0.29) is 11.7 Å². The molecule has 31 heavy (non-hydrogen) atoms. The zero-order valence-electron chi connectivity index (χ0n) is 16.1. The zero-order valence-corrected chi connectivity index (χ0v) is 16.1. The van der Waals surface area contributed by atoms with E-state index in [0.29, 0.717) is 28.4 Å². The maximum Gasteiger partial charge on any atom is 0.255 e. The number of nitrogens with zero attached hydrogens (tertiary/aromatic N) is 5. The molecule has 1 amide bonds. The number of carbonyl (C=O) groups excluding carboxylic acids is 1. The Labute approximate surface area is 176 Å². The molecule has 0 unspecified atom stereocenters. The first-order chi connectivity index (χ1) is 15.2. The second-order valence-electron chi connectivity index (χ2n) is 6.79. The summed E-state index contributed by atoms with van der Waals surface area (Å²) in [5, 5.41) is 15.9. The van der Waals surface area contributed by atoms with E-state index >= 15 is 0 Å². The summed E-state index contributed by atoms with van der Waals surface area (Å²) >= 11 is 0. The van der Waals surface area contributed by atoms with Gasteiger partial charge in [-0.25, -0.2) is 4.39 Å². The molecule has 0 aliphatic heterocycles. The lowest BCUT2D eigenvalue weighted by Gasteiger charge is -2.08. The Hall–Kier alpha value is -4.46. The van der Waals surface area contributed by atoms with Crippen LogP contribution in [0.4, 0.5) is 10.1 Å². The fraction of sp³-hybridized carbons (Fsp3) is 0. The van der Waals surface area contributed by atoms with Crippen molar-refractivity contribution in [1.82, 2.24) is 24.8 Å². The maximum atomic E-state index is 13.1. The van der Waals surface area contributed by atoms with Crippen molar-refractivity contribution in [3.05, 3.63) is 96.6 Å². The number of amides is 1. The molecule has 3 heterocycles. The lowest BCUT2D eigenvalue weighted by atomic mass is 10.1. The number of fused-ring (bicyclic) bond motifs is 1. The van der Waals surface area contributed by atoms with E-state index in [2.05, 4.69) is 25.6 Å². The Morgan fingerprint density at radius 2 is 1.68 bits per heavy atom. The van der Waals surface area contributed by atoms with Crippen molar-refractivity contribution in [3.8, 4) is 22.6 Å². The van der Waals surface area contributed by atoms with Crippen LogP contribution in [0.5, 0.6) is 0 Å². The van der Waals surface area contributed by atoms with E-state index in [1.54, 1.807) is 23.0 Å². The van der Waals surface area contributed by atoms with Gasteiger partial charge in [-0.15, -0.1) is 10.2 Å². The van der Waals surface area contributed by atoms with Crippen molar-refractivity contribution < 1.29 is 9.18 Å². The van der Waals surface area contributed by atoms with Crippen molar-refractivity contribution in [3.63, 3.8) is 0 Å². The van der Waals surface area contributed by atoms with Crippen LogP contribution < -0.4 is 5.32 Å². The Morgan fingerprint density at radius 3 is 2.48 bits per heavy atom. The van der Waals surface area contributed by atoms with Gasteiger partial charge in [0.2, 0.25) is 0 Å². The van der Waals surface area contributed by atoms with Crippen LogP contribution in [-0.2, 0) is 0 Å². The van der Waals surface area contributed by atoms with Gasteiger partial charge in [0, 0.05) is 34.8 Å². The molecule has 150 valence electrons. The second-order valence-corrected chi connectivity index (χ2v) is 6.79. The van der Waals surface area contributed by atoms with E-state index in [4.69, 9.17) is 0 Å². The van der Waals surface area contributed by atoms with Crippen molar-refractivity contribution in [1.29, 1.82) is 0 Å². The molecule has 7 nitrogen and oxygen atoms in total. The minimum atomic E-state index is -0.389. The first-order valence-electron chi connectivity index (χ1n) is 9.47. The lowest BCUT2D eigenvalue weighted by Crippen LogP contribution is -2.11. The predicted molar refractivity (Wildman–Crippen MR) is 114 cm³/mol. The summed E-state index contributed by atoms with van der Waals surface area (Å²) < 4.78 is 14.8. The molecule has 1 N–H and O–H groups in total. The highest BCUT2D eigenvalue weighted by atomic mass is 19.1. The van der Waals surface area contributed by atoms with Gasteiger partial charge in [-0.1, -0.05) is 12.1 Å². The van der Waals surface area contributed by atoms with Crippen molar-refractivity contribution in [2.45, 2.75) is 0 Å². The van der Waals surface area contributed by atoms with Crippen LogP contribution in [-0.4, -0.2) is 30.7 Å². The number of anilines is 1. The number of hydrogen-bond acceptors (Lipinski definition) is 5. The van der Waals surface area contributed by atoms with Crippen LogP contribution in [0.2, 0.25) is 0 Å². The van der Waals surface area contributed by atoms with Gasteiger partial charge in [0.25, 0.3) is 5.91 Å². The molecule has 5 aromatic rings. The highest BCUT2D eigenvalue weighted by Crippen LogP contribution is 2.23. The Bertz CT molecular complexity index is 1380. The molecule has 0 saturated heterocycles. The molecule has 5 rings (SSSR count). The summed E-state index contributed by atoms with van der Waals surface area (Å²) in [5.74, 6) is -0.0977. The Morgan fingerprint density at radius 1 is 0.871 bits per heavy atom. The first kappa shape index (κ1) is 18.6. The molecule has 3 aromatic heterocycles. The minimum absolute atomic E-state index is 0.320. The molecule has 0 bridgehead atoms. The number of halogens is 1. The van der Waals surface area contributed by atoms with Gasteiger partial charge in [-0.3, -0.25) is 9.78 Å². The van der Waals surface area contributed by atoms with E-state index in [1.165, 1.54) is 24.3 Å². The third kappa shape index (κ3) is 3.74. The number of nitrogens with one attached hydrogen (secondary N) is 1. The van der Waals surface area contributed by atoms with Crippen LogP contribution in [0.3, 0.4) is 0 Å². The van der Waals surface area contributed by atoms with E-state index in [1.807, 2.05) is 42.5 Å². The summed E-state index contributed by atoms with van der Waals surface area (Å²) in [6.07, 6.45) is 3.38. The summed E-state index contributed by atoms with van der Waals surface area (Å²) in [6.45, 7) is 0. The smallest absolute Gasteiger partial charge is 0.255 e. The van der Waals surface area contributed by atoms with E-state index < -0.39 is 0 Å². The highest BCUT2D eigenvalue weighted by Gasteiger charge is 2.12. The van der Waals surface area contributed by atoms with Gasteiger partial charge in [-0.05, 0) is 60.7 Å². The standard InChI is InChI=1S/C23H15FN6O/c24-18-6-4-16(5-7-18)23(31)26-19-3-1-2-17(14-19)20-8-9-21-27-28-22(30(21)29-20)15-10-12-25-13-11-15/h1-14H,(H,26,31). The minimum Gasteiger partial charge on any atom is -0.322 e. The maximum absolute atomic E-state index is 13.1. The summed E-state index contributed by atoms with van der Waals surface area (Å²) in [4.78, 5) is 16.5. The molecule has 0 atom stereocenters. The van der Waals surface area contributed by atoms with E-state index in [9.17, 15) is 9.18 Å². The van der Waals surface area contributed by atoms with Crippen LogP contribution in [0.1, 0.15) is 10.4 Å². The highest BCUT2D eigenvalue weighted by molar-refractivity contribution is 6.04. The Balaban J connectivity index is 1.46. The van der Waals surface area contributed by atoms with Crippen LogP contribution in [0.25, 0.3) is 28.3 Å². The van der Waals surface area contributed by atoms with Gasteiger partial charge < -0.3 is 5.32 Å². The van der Waals surface area contributed by atoms with Gasteiger partial charge in [0.1, 0.15) is 5.82 Å². The summed E-state index contributed by atoms with van der Waals surface area (Å²) in [5.41, 5.74) is 3.96. The van der Waals surface area contributed by atoms with Gasteiger partial charge >= 0.3 is 0 Å². The first-order valence-corrected chi connectivity index (χ1v) is 9.47. The second kappa shape index (κ2) is 7.75. The fourth-order valence-electron chi connectivity index (χ4n) is 3.18. The SMILES string of the molecule is O=C(Nc1cccc(-c2ccc3nnc(-c4ccncc4)n3n2)c1)c1ccc(F)cc1. The predicted octanol–water partition coefficient (Wildman–Crippen LogP) is 4.24. The van der Waals surface area contributed by atoms with E-state index in [0.717, 1.165) is 11.1 Å². The number of carbonyl (C=O) groups is 1. The van der Waals surface area contributed by atoms with Crippen molar-refractivity contribution >= 4 is 17.2 Å². The van der Waals surface area contributed by atoms with Crippen molar-refractivity contribution in [2.24, 2.45) is 0 Å². The number of benzene rings is 2. The molecule has 0 fully saturated rings. The fourth-order valence-corrected chi connectivity index (χ4v) is 3.18. The molecule has 0 saturated carbocycles. The van der Waals surface area contributed by atoms with Crippen LogP contribution in [0, 0.1) is 5.82 Å². The monoisotopic (exact) mass is 410 g/mol. The zero-order chi connectivity index (χ0) is 21.2. The summed E-state index contributed by atoms with van der Waals surface area (Å²) in [6, 6.07) is 20.1. The number of pyridine rings is 1. The van der Waals surface area contributed by atoms with Crippen molar-refractivity contribution in [2.75, 3.05) is 5.32 Å². The third-order valence-corrected chi connectivity index (χ3v) is 4.72. The average molecular weight is 410 g/mol. The molecule has 0 aliphatic carbocycles. The lowest BCUT2D eigenvalue weighted by molar-refractivity contribution is 0.102. The van der Waals surface area contributed by atoms with Gasteiger partial charge in [0.05, 0.1) is 5.69 Å². The third-order valence-electron chi connectivity index (χ3n) is 4.72. The number of aromatic nitrogens is 5. The number of rotatable bonds is 4. The van der Waals surface area contributed by atoms with Crippen LogP contribution in [0.15, 0.2) is 85.2 Å². The topological polar surface area (TPSA) is 85.1 Å². The van der Waals surface area contributed by atoms with Crippen LogP contribution >= 0.6 is 0 Å². The molecule has 8 heteroatoms. The summed E-state index contributed by atoms with van der Waals surface area (Å²) in [7, 11) is 0. The number of hydrogen-bond donors (Lipinski definition) is 1. The van der Waals surface area contributed by atoms with Gasteiger partial charge in [-0.2, -0.15) is 9.61 Å². The largest absolute Gasteiger partial charge is 0.322 e. The molecular formula is C23H15FN6O. The quantitative estimate of drug-likeness (QED) is 0.479. The molecule has 0 aliphatic rings.